The first kappa shape index (κ1) is 19.5. The molecule has 3 rings (SSSR count). The summed E-state index contributed by atoms with van der Waals surface area (Å²) in [5.41, 5.74) is -0.215. The van der Waals surface area contributed by atoms with E-state index in [1.165, 1.54) is 6.07 Å². The van der Waals surface area contributed by atoms with Crippen LogP contribution in [0.3, 0.4) is 0 Å². The number of ether oxygens (including phenoxy) is 2. The molecule has 0 amide bonds. The molecular weight excluding hydrogens is 379 g/mol. The van der Waals surface area contributed by atoms with Crippen LogP contribution >= 0.6 is 23.2 Å². The Bertz CT molecular complexity index is 765. The van der Waals surface area contributed by atoms with Crippen LogP contribution in [-0.4, -0.2) is 36.9 Å². The highest BCUT2D eigenvalue weighted by atomic mass is 35.5. The maximum atomic E-state index is 12.9. The maximum Gasteiger partial charge on any atom is 0.181 e. The van der Waals surface area contributed by atoms with Crippen LogP contribution in [0.2, 0.25) is 10.0 Å². The van der Waals surface area contributed by atoms with Crippen molar-refractivity contribution in [3.63, 3.8) is 0 Å². The van der Waals surface area contributed by atoms with Gasteiger partial charge in [0.2, 0.25) is 0 Å². The van der Waals surface area contributed by atoms with Crippen LogP contribution < -0.4 is 0 Å². The van der Waals surface area contributed by atoms with Crippen LogP contribution in [0.1, 0.15) is 49.0 Å². The summed E-state index contributed by atoms with van der Waals surface area (Å²) in [6.45, 7) is 4.55. The van der Waals surface area contributed by atoms with E-state index in [1.54, 1.807) is 19.9 Å². The quantitative estimate of drug-likeness (QED) is 0.721. The Morgan fingerprint density at radius 3 is 2.42 bits per heavy atom. The molecule has 1 aliphatic heterocycles. The molecule has 0 bridgehead atoms. The topological polar surface area (TPSA) is 69.7 Å². The van der Waals surface area contributed by atoms with Crippen LogP contribution in [0.15, 0.2) is 12.1 Å². The maximum absolute atomic E-state index is 12.9. The van der Waals surface area contributed by atoms with Gasteiger partial charge in [-0.25, -0.2) is 0 Å². The van der Waals surface area contributed by atoms with Gasteiger partial charge < -0.3 is 9.47 Å². The lowest BCUT2D eigenvalue weighted by molar-refractivity contribution is -0.182. The van der Waals surface area contributed by atoms with E-state index in [1.807, 2.05) is 0 Å². The Morgan fingerprint density at radius 2 is 1.77 bits per heavy atom. The number of carbonyl (C=O) groups is 3. The van der Waals surface area contributed by atoms with E-state index in [2.05, 4.69) is 0 Å². The smallest absolute Gasteiger partial charge is 0.181 e. The molecule has 1 aromatic rings. The molecule has 0 radical (unpaired) electrons. The van der Waals surface area contributed by atoms with Crippen LogP contribution in [0.25, 0.3) is 0 Å². The number of benzene rings is 1. The van der Waals surface area contributed by atoms with Crippen molar-refractivity contribution < 1.29 is 23.9 Å². The molecule has 140 valence electrons. The second-order valence-corrected chi connectivity index (χ2v) is 7.94. The third kappa shape index (κ3) is 3.46. The van der Waals surface area contributed by atoms with Crippen molar-refractivity contribution in [2.24, 2.45) is 5.92 Å². The third-order valence-corrected chi connectivity index (χ3v) is 5.71. The van der Waals surface area contributed by atoms with Gasteiger partial charge in [0.1, 0.15) is 5.92 Å². The first-order valence-corrected chi connectivity index (χ1v) is 9.33. The monoisotopic (exact) mass is 398 g/mol. The number of hydrogen-bond acceptors (Lipinski definition) is 5. The minimum Gasteiger partial charge on any atom is -0.353 e. The van der Waals surface area contributed by atoms with Gasteiger partial charge in [-0.2, -0.15) is 0 Å². The average molecular weight is 399 g/mol. The van der Waals surface area contributed by atoms with E-state index in [9.17, 15) is 14.4 Å². The van der Waals surface area contributed by atoms with Gasteiger partial charge in [0.15, 0.2) is 23.6 Å². The van der Waals surface area contributed by atoms with Gasteiger partial charge in [-0.1, -0.05) is 23.2 Å². The van der Waals surface area contributed by atoms with Gasteiger partial charge in [0.25, 0.3) is 0 Å². The summed E-state index contributed by atoms with van der Waals surface area (Å²) in [6, 6.07) is 2.99. The normalized spacial score (nSPS) is 23.0. The van der Waals surface area contributed by atoms with Gasteiger partial charge >= 0.3 is 0 Å². The van der Waals surface area contributed by atoms with Crippen molar-refractivity contribution in [3.8, 4) is 0 Å². The zero-order valence-corrected chi connectivity index (χ0v) is 16.2. The predicted molar refractivity (Wildman–Crippen MR) is 96.9 cm³/mol. The van der Waals surface area contributed by atoms with Crippen LogP contribution in [0.4, 0.5) is 0 Å². The van der Waals surface area contributed by atoms with Crippen molar-refractivity contribution in [1.29, 1.82) is 0 Å². The van der Waals surface area contributed by atoms with Crippen molar-refractivity contribution in [2.75, 3.05) is 13.2 Å². The van der Waals surface area contributed by atoms with Crippen LogP contribution in [-0.2, 0) is 24.5 Å². The molecule has 5 nitrogen and oxygen atoms in total. The Kier molecular flexibility index (Phi) is 5.54. The lowest BCUT2D eigenvalue weighted by Gasteiger charge is -2.35. The van der Waals surface area contributed by atoms with Crippen LogP contribution in [0.5, 0.6) is 0 Å². The summed E-state index contributed by atoms with van der Waals surface area (Å²) >= 11 is 12.1. The first-order valence-electron chi connectivity index (χ1n) is 8.57. The van der Waals surface area contributed by atoms with Gasteiger partial charge in [-0.3, -0.25) is 14.4 Å². The third-order valence-electron chi connectivity index (χ3n) is 4.98. The molecule has 7 heteroatoms. The number of Topliss-reactive ketones (excluding diaryl/α,β-unsaturated/α-hetero) is 3. The molecule has 1 aliphatic carbocycles. The molecule has 0 aromatic heterocycles. The molecule has 26 heavy (non-hydrogen) atoms. The van der Waals surface area contributed by atoms with Crippen LogP contribution in [0, 0.1) is 5.92 Å². The molecule has 0 spiro atoms. The number of hydrogen-bond donors (Lipinski definition) is 0. The molecule has 2 aliphatic rings. The Labute approximate surface area is 161 Å². The fourth-order valence-electron chi connectivity index (χ4n) is 3.44. The number of ketones is 3. The summed E-state index contributed by atoms with van der Waals surface area (Å²) in [6.07, 6.45) is 0.720. The highest BCUT2D eigenvalue weighted by Crippen LogP contribution is 2.41. The van der Waals surface area contributed by atoms with Gasteiger partial charge in [-0.15, -0.1) is 0 Å². The number of carbonyl (C=O) groups excluding carboxylic acids is 3. The lowest BCUT2D eigenvalue weighted by Crippen LogP contribution is -2.48. The van der Waals surface area contributed by atoms with E-state index in [-0.39, 0.29) is 22.0 Å². The SMILES string of the molecule is CC1(C)C(=O)C(C(=O)CCC2OCCCO2)C(=O)c2cc(Cl)c(Cl)cc21. The zero-order valence-electron chi connectivity index (χ0n) is 14.6. The van der Waals surface area contributed by atoms with Gasteiger partial charge in [-0.05, 0) is 38.0 Å². The molecule has 1 saturated heterocycles. The minimum atomic E-state index is -1.32. The summed E-state index contributed by atoms with van der Waals surface area (Å²) in [7, 11) is 0. The standard InChI is InChI=1S/C19H20Cl2O5/c1-19(2)11-9-13(21)12(20)8-10(11)17(23)16(18(19)24)14(22)4-5-15-25-6-3-7-26-15/h8-9,15-16H,3-7H2,1-2H3. The first-order chi connectivity index (χ1) is 12.2. The number of fused-ring (bicyclic) bond motifs is 1. The van der Waals surface area contributed by atoms with Crippen molar-refractivity contribution in [3.05, 3.63) is 33.3 Å². The number of rotatable bonds is 4. The Hall–Kier alpha value is -1.27. The second kappa shape index (κ2) is 7.39. The van der Waals surface area contributed by atoms with E-state index < -0.39 is 35.0 Å². The van der Waals surface area contributed by atoms with Crippen molar-refractivity contribution in [1.82, 2.24) is 0 Å². The highest BCUT2D eigenvalue weighted by Gasteiger charge is 2.49. The molecule has 1 unspecified atom stereocenters. The average Bonchev–Trinajstić information content (AvgIpc) is 2.61. The van der Waals surface area contributed by atoms with E-state index in [4.69, 9.17) is 32.7 Å². The fraction of sp³-hybridized carbons (Fsp3) is 0.526. The second-order valence-electron chi connectivity index (χ2n) is 7.13. The lowest BCUT2D eigenvalue weighted by atomic mass is 9.65. The molecule has 1 fully saturated rings. The summed E-state index contributed by atoms with van der Waals surface area (Å²) in [5.74, 6) is -2.66. The van der Waals surface area contributed by atoms with E-state index >= 15 is 0 Å². The largest absolute Gasteiger partial charge is 0.353 e. The minimum absolute atomic E-state index is 0.0412. The highest BCUT2D eigenvalue weighted by molar-refractivity contribution is 6.42. The van der Waals surface area contributed by atoms with Gasteiger partial charge in [0.05, 0.1) is 28.7 Å². The predicted octanol–water partition coefficient (Wildman–Crippen LogP) is 3.76. The van der Waals surface area contributed by atoms with Gasteiger partial charge in [0, 0.05) is 18.4 Å². The molecule has 1 heterocycles. The van der Waals surface area contributed by atoms with E-state index in [0.717, 1.165) is 6.42 Å². The molecule has 0 N–H and O–H groups in total. The Morgan fingerprint density at radius 1 is 1.15 bits per heavy atom. The molecule has 1 atom stereocenters. The van der Waals surface area contributed by atoms with Crippen molar-refractivity contribution >= 4 is 40.6 Å². The summed E-state index contributed by atoms with van der Waals surface area (Å²) < 4.78 is 10.8. The van der Waals surface area contributed by atoms with E-state index in [0.29, 0.717) is 25.2 Å². The van der Waals surface area contributed by atoms with Crippen molar-refractivity contribution in [2.45, 2.75) is 44.8 Å². The molecule has 0 saturated carbocycles. The molecule has 1 aromatic carbocycles. The summed E-state index contributed by atoms with van der Waals surface area (Å²) in [4.78, 5) is 38.5. The summed E-state index contributed by atoms with van der Waals surface area (Å²) in [5, 5.41) is 0.495. The molecular formula is C19H20Cl2O5. The zero-order chi connectivity index (χ0) is 19.1. The number of halogens is 2. The Balaban J connectivity index is 1.85. The fourth-order valence-corrected chi connectivity index (χ4v) is 3.76.